The van der Waals surface area contributed by atoms with Gasteiger partial charge in [0.15, 0.2) is 0 Å². The fourth-order valence-electron chi connectivity index (χ4n) is 2.69. The van der Waals surface area contributed by atoms with Crippen molar-refractivity contribution in [1.82, 2.24) is 0 Å². The van der Waals surface area contributed by atoms with Crippen molar-refractivity contribution in [2.75, 3.05) is 5.32 Å². The maximum absolute atomic E-state index is 13.4. The van der Waals surface area contributed by atoms with Crippen LogP contribution in [0.1, 0.15) is 11.1 Å². The van der Waals surface area contributed by atoms with E-state index in [1.165, 1.54) is 18.2 Å². The molecule has 9 heteroatoms. The standard InChI is InChI=1S/C23H13Br2Cl2FN2O2/c24-17-9-14(10-18(25)22(17)32-12-13-3-1-4-16(28)8-13)7-15(11-29)23(31)30-20-6-2-5-19(26)21(20)27/h1-10H,12H2,(H,30,31)/b15-7-. The van der Waals surface area contributed by atoms with Gasteiger partial charge in [-0.05, 0) is 85.5 Å². The predicted molar refractivity (Wildman–Crippen MR) is 131 cm³/mol. The van der Waals surface area contributed by atoms with E-state index in [1.807, 2.05) is 6.07 Å². The maximum atomic E-state index is 13.4. The van der Waals surface area contributed by atoms with Crippen molar-refractivity contribution in [3.05, 3.63) is 96.1 Å². The van der Waals surface area contributed by atoms with Crippen molar-refractivity contribution in [3.8, 4) is 11.8 Å². The summed E-state index contributed by atoms with van der Waals surface area (Å²) in [6.07, 6.45) is 1.43. The van der Waals surface area contributed by atoms with Crippen LogP contribution in [0.5, 0.6) is 5.75 Å². The summed E-state index contributed by atoms with van der Waals surface area (Å²) in [7, 11) is 0. The second kappa shape index (κ2) is 11.0. The molecule has 0 atom stereocenters. The third kappa shape index (κ3) is 6.11. The lowest BCUT2D eigenvalue weighted by atomic mass is 10.1. The van der Waals surface area contributed by atoms with Crippen molar-refractivity contribution in [3.63, 3.8) is 0 Å². The number of benzene rings is 3. The van der Waals surface area contributed by atoms with Gasteiger partial charge in [-0.1, -0.05) is 41.4 Å². The lowest BCUT2D eigenvalue weighted by Crippen LogP contribution is -2.13. The lowest BCUT2D eigenvalue weighted by Gasteiger charge is -2.12. The first-order valence-electron chi connectivity index (χ1n) is 9.02. The summed E-state index contributed by atoms with van der Waals surface area (Å²) in [5.74, 6) is -0.471. The number of hydrogen-bond acceptors (Lipinski definition) is 3. The molecule has 0 saturated heterocycles. The van der Waals surface area contributed by atoms with Gasteiger partial charge in [-0.15, -0.1) is 0 Å². The zero-order valence-electron chi connectivity index (χ0n) is 16.1. The molecule has 0 aliphatic rings. The number of carbonyl (C=O) groups is 1. The number of nitrogens with one attached hydrogen (secondary N) is 1. The minimum atomic E-state index is -0.629. The average molecular weight is 599 g/mol. The minimum absolute atomic E-state index is 0.131. The van der Waals surface area contributed by atoms with Crippen molar-refractivity contribution in [1.29, 1.82) is 5.26 Å². The van der Waals surface area contributed by atoms with Crippen molar-refractivity contribution < 1.29 is 13.9 Å². The molecule has 0 unspecified atom stereocenters. The summed E-state index contributed by atoms with van der Waals surface area (Å²) in [6.45, 7) is 0.163. The predicted octanol–water partition coefficient (Wildman–Crippen LogP) is 7.78. The molecule has 0 bridgehead atoms. The Hall–Kier alpha value is -2.37. The molecule has 0 fully saturated rings. The Balaban J connectivity index is 1.79. The molecule has 0 aliphatic heterocycles. The van der Waals surface area contributed by atoms with Gasteiger partial charge >= 0.3 is 0 Å². The molecule has 0 spiro atoms. The number of anilines is 1. The highest BCUT2D eigenvalue weighted by molar-refractivity contribution is 9.11. The molecule has 1 N–H and O–H groups in total. The van der Waals surface area contributed by atoms with E-state index in [1.54, 1.807) is 42.5 Å². The molecule has 3 aromatic rings. The van der Waals surface area contributed by atoms with Crippen LogP contribution >= 0.6 is 55.1 Å². The van der Waals surface area contributed by atoms with Gasteiger partial charge in [0.25, 0.3) is 5.91 Å². The van der Waals surface area contributed by atoms with E-state index in [9.17, 15) is 14.4 Å². The summed E-state index contributed by atoms with van der Waals surface area (Å²) in [4.78, 5) is 12.6. The van der Waals surface area contributed by atoms with Crippen LogP contribution in [0.4, 0.5) is 10.1 Å². The first-order valence-corrected chi connectivity index (χ1v) is 11.4. The Morgan fingerprint density at radius 3 is 2.47 bits per heavy atom. The Labute approximate surface area is 210 Å². The smallest absolute Gasteiger partial charge is 0.266 e. The topological polar surface area (TPSA) is 62.1 Å². The highest BCUT2D eigenvalue weighted by Crippen LogP contribution is 2.36. The van der Waals surface area contributed by atoms with E-state index in [0.717, 1.165) is 0 Å². The van der Waals surface area contributed by atoms with Gasteiger partial charge in [0.1, 0.15) is 29.8 Å². The van der Waals surface area contributed by atoms with E-state index in [-0.39, 0.29) is 28.0 Å². The van der Waals surface area contributed by atoms with Crippen LogP contribution in [-0.2, 0) is 11.4 Å². The third-order valence-electron chi connectivity index (χ3n) is 4.17. The van der Waals surface area contributed by atoms with Gasteiger partial charge in [0, 0.05) is 0 Å². The van der Waals surface area contributed by atoms with Crippen LogP contribution in [0.15, 0.2) is 69.1 Å². The van der Waals surface area contributed by atoms with Gasteiger partial charge in [0.05, 0.1) is 24.7 Å². The number of nitrogens with zero attached hydrogens (tertiary/aromatic N) is 1. The van der Waals surface area contributed by atoms with Crippen molar-refractivity contribution >= 4 is 72.7 Å². The molecule has 3 aromatic carbocycles. The van der Waals surface area contributed by atoms with Gasteiger partial charge in [-0.2, -0.15) is 5.26 Å². The Morgan fingerprint density at radius 2 is 1.81 bits per heavy atom. The van der Waals surface area contributed by atoms with E-state index in [2.05, 4.69) is 37.2 Å². The Morgan fingerprint density at radius 1 is 1.12 bits per heavy atom. The summed E-state index contributed by atoms with van der Waals surface area (Å²) in [5.41, 5.74) is 1.42. The molecule has 0 heterocycles. The minimum Gasteiger partial charge on any atom is -0.487 e. The summed E-state index contributed by atoms with van der Waals surface area (Å²) in [5, 5.41) is 12.5. The van der Waals surface area contributed by atoms with E-state index >= 15 is 0 Å². The Kier molecular flexibility index (Phi) is 8.32. The second-order valence-electron chi connectivity index (χ2n) is 6.46. The molecule has 0 saturated carbocycles. The van der Waals surface area contributed by atoms with Crippen LogP contribution in [0.25, 0.3) is 6.08 Å². The molecular formula is C23H13Br2Cl2FN2O2. The number of hydrogen-bond donors (Lipinski definition) is 1. The summed E-state index contributed by atoms with van der Waals surface area (Å²) < 4.78 is 20.3. The molecule has 162 valence electrons. The van der Waals surface area contributed by atoms with Crippen molar-refractivity contribution in [2.24, 2.45) is 0 Å². The molecule has 0 radical (unpaired) electrons. The Bertz CT molecular complexity index is 1240. The fraction of sp³-hybridized carbons (Fsp3) is 0.0435. The first kappa shape index (κ1) is 24.3. The third-order valence-corrected chi connectivity index (χ3v) is 6.17. The number of amides is 1. The monoisotopic (exact) mass is 596 g/mol. The van der Waals surface area contributed by atoms with Crippen molar-refractivity contribution in [2.45, 2.75) is 6.61 Å². The molecular weight excluding hydrogens is 586 g/mol. The van der Waals surface area contributed by atoms with Gasteiger partial charge in [-0.25, -0.2) is 4.39 Å². The SMILES string of the molecule is N#C/C(=C/c1cc(Br)c(OCc2cccc(F)c2)c(Br)c1)C(=O)Nc1cccc(Cl)c1Cl. The molecule has 1 amide bonds. The average Bonchev–Trinajstić information content (AvgIpc) is 2.74. The van der Waals surface area contributed by atoms with Gasteiger partial charge in [0.2, 0.25) is 0 Å². The summed E-state index contributed by atoms with van der Waals surface area (Å²) >= 11 is 18.9. The van der Waals surface area contributed by atoms with E-state index < -0.39 is 5.91 Å². The van der Waals surface area contributed by atoms with Crippen LogP contribution in [-0.4, -0.2) is 5.91 Å². The largest absolute Gasteiger partial charge is 0.487 e. The number of rotatable bonds is 6. The molecule has 3 rings (SSSR count). The molecule has 0 aromatic heterocycles. The second-order valence-corrected chi connectivity index (χ2v) is 8.95. The number of ether oxygens (including phenoxy) is 1. The van der Waals surface area contributed by atoms with Gasteiger partial charge < -0.3 is 10.1 Å². The lowest BCUT2D eigenvalue weighted by molar-refractivity contribution is -0.112. The quantitative estimate of drug-likeness (QED) is 0.233. The highest BCUT2D eigenvalue weighted by atomic mass is 79.9. The fourth-order valence-corrected chi connectivity index (χ4v) is 4.49. The zero-order valence-corrected chi connectivity index (χ0v) is 20.8. The van der Waals surface area contributed by atoms with E-state index in [0.29, 0.717) is 31.5 Å². The number of carbonyl (C=O) groups excluding carboxylic acids is 1. The van der Waals surface area contributed by atoms with Crippen LogP contribution in [0, 0.1) is 17.1 Å². The maximum Gasteiger partial charge on any atom is 0.266 e. The van der Waals surface area contributed by atoms with Crippen LogP contribution in [0.3, 0.4) is 0 Å². The molecule has 4 nitrogen and oxygen atoms in total. The summed E-state index contributed by atoms with van der Waals surface area (Å²) in [6, 6.07) is 16.2. The zero-order chi connectivity index (χ0) is 23.3. The molecule has 0 aliphatic carbocycles. The van der Waals surface area contributed by atoms with Crippen LogP contribution in [0.2, 0.25) is 10.0 Å². The normalized spacial score (nSPS) is 11.1. The first-order chi connectivity index (χ1) is 15.3. The van der Waals surface area contributed by atoms with Crippen LogP contribution < -0.4 is 10.1 Å². The molecule has 32 heavy (non-hydrogen) atoms. The van der Waals surface area contributed by atoms with Gasteiger partial charge in [-0.3, -0.25) is 4.79 Å². The number of nitriles is 1. The number of halogens is 5. The van der Waals surface area contributed by atoms with E-state index in [4.69, 9.17) is 27.9 Å². The highest BCUT2D eigenvalue weighted by Gasteiger charge is 2.15.